The molecule has 0 aromatic heterocycles. The SMILES string of the molecule is COc1cc(Br)cc(CNCCc2ccc(S(N)(=O)=O)cc2)c1OCc1ccccc1. The normalized spacial score (nSPS) is 11.3. The van der Waals surface area contributed by atoms with Crippen molar-refractivity contribution in [1.29, 1.82) is 0 Å². The monoisotopic (exact) mass is 504 g/mol. The highest BCUT2D eigenvalue weighted by atomic mass is 79.9. The minimum atomic E-state index is -3.67. The van der Waals surface area contributed by atoms with E-state index in [-0.39, 0.29) is 4.90 Å². The number of nitrogens with one attached hydrogen (secondary N) is 1. The number of rotatable bonds is 10. The zero-order valence-corrected chi connectivity index (χ0v) is 19.6. The molecule has 0 aliphatic rings. The van der Waals surface area contributed by atoms with E-state index in [1.54, 1.807) is 19.2 Å². The summed E-state index contributed by atoms with van der Waals surface area (Å²) in [7, 11) is -2.04. The Kier molecular flexibility index (Phi) is 8.09. The van der Waals surface area contributed by atoms with Crippen LogP contribution in [0.15, 0.2) is 76.1 Å². The van der Waals surface area contributed by atoms with Crippen molar-refractivity contribution < 1.29 is 17.9 Å². The number of ether oxygens (including phenoxy) is 2. The molecule has 0 heterocycles. The van der Waals surface area contributed by atoms with Crippen LogP contribution in [0.1, 0.15) is 16.7 Å². The number of benzene rings is 3. The molecule has 0 unspecified atom stereocenters. The third-order valence-electron chi connectivity index (χ3n) is 4.70. The third kappa shape index (κ3) is 6.80. The highest BCUT2D eigenvalue weighted by molar-refractivity contribution is 9.10. The van der Waals surface area contributed by atoms with E-state index in [1.807, 2.05) is 42.5 Å². The second-order valence-electron chi connectivity index (χ2n) is 6.99. The van der Waals surface area contributed by atoms with Gasteiger partial charge in [0.05, 0.1) is 12.0 Å². The van der Waals surface area contributed by atoms with E-state index in [0.717, 1.165) is 27.6 Å². The van der Waals surface area contributed by atoms with E-state index in [2.05, 4.69) is 21.2 Å². The van der Waals surface area contributed by atoms with Gasteiger partial charge in [-0.05, 0) is 48.4 Å². The van der Waals surface area contributed by atoms with Crippen LogP contribution in [0.5, 0.6) is 11.5 Å². The van der Waals surface area contributed by atoms with Crippen LogP contribution >= 0.6 is 15.9 Å². The number of methoxy groups -OCH3 is 1. The molecule has 3 N–H and O–H groups in total. The summed E-state index contributed by atoms with van der Waals surface area (Å²) in [6.45, 7) is 1.75. The Morgan fingerprint density at radius 3 is 2.35 bits per heavy atom. The maximum Gasteiger partial charge on any atom is 0.238 e. The molecule has 31 heavy (non-hydrogen) atoms. The lowest BCUT2D eigenvalue weighted by Crippen LogP contribution is -2.18. The number of primary sulfonamides is 1. The molecule has 3 rings (SSSR count). The zero-order valence-electron chi connectivity index (χ0n) is 17.2. The molecule has 0 fully saturated rings. The molecule has 3 aromatic carbocycles. The van der Waals surface area contributed by atoms with Crippen LogP contribution < -0.4 is 19.9 Å². The molecule has 8 heteroatoms. The van der Waals surface area contributed by atoms with Gasteiger partial charge in [-0.25, -0.2) is 13.6 Å². The van der Waals surface area contributed by atoms with Gasteiger partial charge in [0.15, 0.2) is 11.5 Å². The summed E-state index contributed by atoms with van der Waals surface area (Å²) < 4.78 is 35.3. The van der Waals surface area contributed by atoms with Crippen LogP contribution in [0.4, 0.5) is 0 Å². The maximum absolute atomic E-state index is 11.4. The molecule has 3 aromatic rings. The summed E-state index contributed by atoms with van der Waals surface area (Å²) in [4.78, 5) is 0.116. The topological polar surface area (TPSA) is 90.6 Å². The first-order valence-corrected chi connectivity index (χ1v) is 12.1. The highest BCUT2D eigenvalue weighted by Gasteiger charge is 2.13. The van der Waals surface area contributed by atoms with E-state index in [0.29, 0.717) is 31.2 Å². The van der Waals surface area contributed by atoms with Crippen molar-refractivity contribution >= 4 is 26.0 Å². The lowest BCUT2D eigenvalue weighted by molar-refractivity contribution is 0.280. The van der Waals surface area contributed by atoms with Gasteiger partial charge in [0.25, 0.3) is 0 Å². The van der Waals surface area contributed by atoms with Crippen molar-refractivity contribution in [2.24, 2.45) is 5.14 Å². The zero-order chi connectivity index (χ0) is 22.3. The fourth-order valence-electron chi connectivity index (χ4n) is 3.10. The molecule has 0 bridgehead atoms. The first-order valence-electron chi connectivity index (χ1n) is 9.72. The minimum absolute atomic E-state index is 0.116. The number of hydrogen-bond acceptors (Lipinski definition) is 5. The third-order valence-corrected chi connectivity index (χ3v) is 6.09. The van der Waals surface area contributed by atoms with E-state index in [4.69, 9.17) is 14.6 Å². The Morgan fingerprint density at radius 1 is 1.00 bits per heavy atom. The van der Waals surface area contributed by atoms with Crippen molar-refractivity contribution in [3.05, 3.63) is 87.9 Å². The van der Waals surface area contributed by atoms with Crippen molar-refractivity contribution in [2.45, 2.75) is 24.5 Å². The average molecular weight is 505 g/mol. The Balaban J connectivity index is 1.63. The summed E-state index contributed by atoms with van der Waals surface area (Å²) in [6.07, 6.45) is 0.746. The Labute approximate surface area is 191 Å². The summed E-state index contributed by atoms with van der Waals surface area (Å²) in [5.41, 5.74) is 3.08. The molecule has 0 amide bonds. The second kappa shape index (κ2) is 10.8. The molecule has 0 radical (unpaired) electrons. The first kappa shape index (κ1) is 23.3. The number of sulfonamides is 1. The van der Waals surface area contributed by atoms with E-state index >= 15 is 0 Å². The number of hydrogen-bond donors (Lipinski definition) is 2. The molecule has 0 spiro atoms. The molecule has 6 nitrogen and oxygen atoms in total. The second-order valence-corrected chi connectivity index (χ2v) is 9.46. The molecular weight excluding hydrogens is 480 g/mol. The lowest BCUT2D eigenvalue weighted by atomic mass is 10.1. The molecule has 0 aliphatic carbocycles. The first-order chi connectivity index (χ1) is 14.9. The summed E-state index contributed by atoms with van der Waals surface area (Å²) >= 11 is 3.53. The Bertz CT molecular complexity index is 1100. The van der Waals surface area contributed by atoms with Gasteiger partial charge in [-0.3, -0.25) is 0 Å². The van der Waals surface area contributed by atoms with Gasteiger partial charge in [-0.1, -0.05) is 58.4 Å². The van der Waals surface area contributed by atoms with E-state index in [1.165, 1.54) is 12.1 Å². The smallest absolute Gasteiger partial charge is 0.238 e. The highest BCUT2D eigenvalue weighted by Crippen LogP contribution is 2.35. The maximum atomic E-state index is 11.4. The fourth-order valence-corrected chi connectivity index (χ4v) is 4.10. The fraction of sp³-hybridized carbons (Fsp3) is 0.217. The van der Waals surface area contributed by atoms with Crippen LogP contribution in [0.25, 0.3) is 0 Å². The standard InChI is InChI=1S/C23H25BrN2O4S/c1-29-22-14-20(24)13-19(23(22)30-16-18-5-3-2-4-6-18)15-26-12-11-17-7-9-21(10-8-17)31(25,27)28/h2-10,13-14,26H,11-12,15-16H2,1H3,(H2,25,27,28). The largest absolute Gasteiger partial charge is 0.493 e. The summed E-state index contributed by atoms with van der Waals surface area (Å²) in [5.74, 6) is 1.38. The molecule has 164 valence electrons. The average Bonchev–Trinajstić information content (AvgIpc) is 2.76. The van der Waals surface area contributed by atoms with Gasteiger partial charge in [0, 0.05) is 16.6 Å². The molecule has 0 saturated carbocycles. The molecule has 0 atom stereocenters. The number of halogens is 1. The molecular formula is C23H25BrN2O4S. The van der Waals surface area contributed by atoms with Gasteiger partial charge in [0.1, 0.15) is 6.61 Å². The lowest BCUT2D eigenvalue weighted by Gasteiger charge is -2.16. The number of nitrogens with two attached hydrogens (primary N) is 1. The Morgan fingerprint density at radius 2 is 1.71 bits per heavy atom. The quantitative estimate of drug-likeness (QED) is 0.407. The van der Waals surface area contributed by atoms with Gasteiger partial charge in [-0.15, -0.1) is 0 Å². The van der Waals surface area contributed by atoms with Gasteiger partial charge >= 0.3 is 0 Å². The molecule has 0 aliphatic heterocycles. The van der Waals surface area contributed by atoms with Crippen molar-refractivity contribution in [3.8, 4) is 11.5 Å². The summed E-state index contributed by atoms with van der Waals surface area (Å²) in [5, 5.41) is 8.55. The van der Waals surface area contributed by atoms with Gasteiger partial charge < -0.3 is 14.8 Å². The van der Waals surface area contributed by atoms with Crippen molar-refractivity contribution in [3.63, 3.8) is 0 Å². The van der Waals surface area contributed by atoms with E-state index < -0.39 is 10.0 Å². The van der Waals surface area contributed by atoms with Gasteiger partial charge in [0.2, 0.25) is 10.0 Å². The molecule has 0 saturated heterocycles. The predicted octanol–water partition coefficient (Wildman–Crippen LogP) is 4.02. The Hall–Kier alpha value is -2.39. The van der Waals surface area contributed by atoms with Crippen molar-refractivity contribution in [2.75, 3.05) is 13.7 Å². The predicted molar refractivity (Wildman–Crippen MR) is 125 cm³/mol. The van der Waals surface area contributed by atoms with Crippen LogP contribution in [-0.4, -0.2) is 22.1 Å². The summed E-state index contributed by atoms with van der Waals surface area (Å²) in [6, 6.07) is 20.5. The van der Waals surface area contributed by atoms with Gasteiger partial charge in [-0.2, -0.15) is 0 Å². The van der Waals surface area contributed by atoms with Crippen LogP contribution in [0, 0.1) is 0 Å². The van der Waals surface area contributed by atoms with E-state index in [9.17, 15) is 8.42 Å². The minimum Gasteiger partial charge on any atom is -0.493 e. The van der Waals surface area contributed by atoms with Crippen LogP contribution in [0.2, 0.25) is 0 Å². The van der Waals surface area contributed by atoms with Crippen molar-refractivity contribution in [1.82, 2.24) is 5.32 Å². The van der Waals surface area contributed by atoms with Crippen LogP contribution in [0.3, 0.4) is 0 Å². The van der Waals surface area contributed by atoms with Crippen LogP contribution in [-0.2, 0) is 29.6 Å².